The van der Waals surface area contributed by atoms with Crippen molar-refractivity contribution in [1.29, 1.82) is 0 Å². The zero-order chi connectivity index (χ0) is 45.2. The van der Waals surface area contributed by atoms with Crippen molar-refractivity contribution in [3.05, 3.63) is 0 Å². The van der Waals surface area contributed by atoms with Gasteiger partial charge in [-0.1, -0.05) is 0 Å². The van der Waals surface area contributed by atoms with Gasteiger partial charge < -0.3 is 39.6 Å². The molecule has 0 aromatic rings. The van der Waals surface area contributed by atoms with Gasteiger partial charge in [0, 0.05) is 23.0 Å². The monoisotopic (exact) mass is 1580 g/mol. The van der Waals surface area contributed by atoms with Crippen LogP contribution in [0.15, 0.2) is 0 Å². The summed E-state index contributed by atoms with van der Waals surface area (Å²) < 4.78 is -2.09. The molecule has 0 fully saturated rings. The summed E-state index contributed by atoms with van der Waals surface area (Å²) in [7, 11) is 0. The van der Waals surface area contributed by atoms with Crippen LogP contribution in [0.2, 0.25) is 0 Å². The molecule has 0 aliphatic heterocycles. The number of rotatable bonds is 15. The van der Waals surface area contributed by atoms with Crippen LogP contribution in [-0.4, -0.2) is 149 Å². The van der Waals surface area contributed by atoms with Crippen molar-refractivity contribution in [2.75, 3.05) is 34.5 Å². The topological polar surface area (TPSA) is 365 Å². The Morgan fingerprint density at radius 3 is 0.782 bits per heavy atom. The molecule has 0 unspecified atom stereocenters. The smallest absolute Gasteiger partial charge is 0.549 e. The van der Waals surface area contributed by atoms with Crippen LogP contribution < -0.4 is 20.4 Å². The Hall–Kier alpha value is -1.45. The molecule has 55 heavy (non-hydrogen) atoms. The summed E-state index contributed by atoms with van der Waals surface area (Å²) in [5, 5.41) is 40.2. The average molecular weight is 1580 g/mol. The van der Waals surface area contributed by atoms with E-state index in [2.05, 4.69) is 81.5 Å². The van der Waals surface area contributed by atoms with Crippen molar-refractivity contribution < 1.29 is 179 Å². The minimum absolute atomic E-state index is 0. The van der Waals surface area contributed by atoms with Gasteiger partial charge in [-0.2, -0.15) is 23.5 Å². The Bertz CT molecular complexity index is 646. The molecule has 30 heteroatoms. The van der Waals surface area contributed by atoms with Gasteiger partial charge in [-0.05, 0) is 17.9 Å². The first-order valence-corrected chi connectivity index (χ1v) is 14.8. The minimum atomic E-state index is -1.32. The molecule has 0 aliphatic rings. The first kappa shape index (κ1) is 117. The van der Waals surface area contributed by atoms with Crippen LogP contribution in [0.4, 0.5) is 0 Å². The van der Waals surface area contributed by atoms with Crippen molar-refractivity contribution >= 4 is 176 Å². The maximum Gasteiger partial charge on any atom is 1.00 e. The summed E-state index contributed by atoms with van der Waals surface area (Å²) in [6.45, 7) is 54.0. The fraction of sp³-hybridized carbons (Fsp3) is 0.360. The Morgan fingerprint density at radius 2 is 0.582 bits per heavy atom. The number of hydrogen-bond acceptors (Lipinski definition) is 24. The molecule has 0 aromatic carbocycles. The summed E-state index contributed by atoms with van der Waals surface area (Å²) in [5.41, 5.74) is 0. The molecule has 0 saturated heterocycles. The Kier molecular flexibility index (Phi) is 391. The predicted molar refractivity (Wildman–Crippen MR) is 172 cm³/mol. The molecule has 20 nitrogen and oxygen atoms in total. The summed E-state index contributed by atoms with van der Waals surface area (Å²) in [6.07, 6.45) is 0.707. The SMILES string of the molecule is O=C([O-])CSCCCS[C@@H](Cl)C(=O)[O-].O=C([O-])CSCCS[C@@H](Cl)C(=O)[O-].[C]=O.[C]=O.[C]=O.[C]=O.[C]=O.[C]=O.[C]=O.[C]=O.[C]=O.[C]=O.[C]=O.[C]=O.[Re+].[Re+].[Re+].[Re+]. The number of carboxylic acids is 4. The van der Waals surface area contributed by atoms with Crippen LogP contribution in [0.25, 0.3) is 0 Å². The Morgan fingerprint density at radius 1 is 0.382 bits per heavy atom. The largest absolute Gasteiger partial charge is 1.00 e. The van der Waals surface area contributed by atoms with E-state index in [0.717, 1.165) is 35.3 Å². The second kappa shape index (κ2) is 184. The third-order valence-electron chi connectivity index (χ3n) is 2.00. The summed E-state index contributed by atoms with van der Waals surface area (Å²) in [5.74, 6) is -2.73. The molecule has 0 N–H and O–H groups in total. The summed E-state index contributed by atoms with van der Waals surface area (Å²) in [6, 6.07) is 0. The first-order chi connectivity index (χ1) is 24.6. The maximum absolute atomic E-state index is 10.2. The summed E-state index contributed by atoms with van der Waals surface area (Å²) >= 11 is 15.2. The van der Waals surface area contributed by atoms with Gasteiger partial charge in [0.2, 0.25) is 0 Å². The van der Waals surface area contributed by atoms with E-state index in [1.807, 2.05) is 0 Å². The Balaban J connectivity index is -0.0000000192. The fourth-order valence-corrected chi connectivity index (χ4v) is 4.55. The molecule has 302 valence electrons. The van der Waals surface area contributed by atoms with Gasteiger partial charge in [0.15, 0.2) is 0 Å². The number of hydrogen-bond donors (Lipinski definition) is 0. The van der Waals surface area contributed by atoms with Gasteiger partial charge in [-0.25, -0.2) is 0 Å². The second-order valence-corrected chi connectivity index (χ2v) is 10.2. The zero-order valence-corrected chi connectivity index (χ0v) is 41.8. The quantitative estimate of drug-likeness (QED) is 0.109. The van der Waals surface area contributed by atoms with Gasteiger partial charge in [0.25, 0.3) is 81.5 Å². The van der Waals surface area contributed by atoms with E-state index >= 15 is 0 Å². The standard InChI is InChI=1S/C7H11ClO4S2.C6H9ClO4S2.12CO.4Re/c8-6(7(11)12)14-3-1-2-13-4-5(9)10;7-5(6(10)11)13-2-1-12-3-4(8)9;12*1-2;;;;/h6H,1-4H2,(H,9,10)(H,11,12);5H,1-3H2,(H,8,9)(H,10,11);;;;;;;;;;;;;;;;/q;;;;;;;;;;;;;;4*+1/p-4/t6-;5-;;;;;;;;;;;;;;;;/m11................/s1. The normalized spacial score (nSPS) is 6.95. The third-order valence-corrected chi connectivity index (χ3v) is 7.25. The molecule has 0 spiro atoms. The maximum atomic E-state index is 10.2. The molecule has 24 radical (unpaired) electrons. The van der Waals surface area contributed by atoms with E-state index in [9.17, 15) is 39.6 Å². The van der Waals surface area contributed by atoms with E-state index in [1.165, 1.54) is 11.8 Å². The number of thioether (sulfide) groups is 4. The predicted octanol–water partition coefficient (Wildman–Crippen LogP) is -7.35. The molecule has 0 aromatic heterocycles. The first-order valence-electron chi connectivity index (χ1n) is 9.51. The van der Waals surface area contributed by atoms with E-state index in [1.54, 1.807) is 0 Å². The van der Waals surface area contributed by atoms with Gasteiger partial charge in [-0.15, -0.1) is 46.7 Å². The minimum Gasteiger partial charge on any atom is -0.549 e. The molecule has 0 aliphatic carbocycles. The van der Waals surface area contributed by atoms with E-state index < -0.39 is 33.3 Å². The number of carboxylic acid groups (broad SMARTS) is 4. The number of carbonyl (C=O) groups is 4. The van der Waals surface area contributed by atoms with Crippen LogP contribution in [-0.2, 0) is 158 Å². The molecular formula is C25H16Cl2O20Re4S4. The fourth-order valence-electron chi connectivity index (χ4n) is 1.01. The van der Waals surface area contributed by atoms with Gasteiger partial charge in [-0.3, -0.25) is 57.5 Å². The molecule has 2 atom stereocenters. The van der Waals surface area contributed by atoms with Crippen molar-refractivity contribution in [3.63, 3.8) is 0 Å². The molecular weight excluding hydrogens is 1560 g/mol. The van der Waals surface area contributed by atoms with Crippen molar-refractivity contribution in [2.45, 2.75) is 15.8 Å². The van der Waals surface area contributed by atoms with Crippen LogP contribution in [0.3, 0.4) is 0 Å². The number of carbonyl (C=O) groups excluding carboxylic acids is 16. The van der Waals surface area contributed by atoms with Crippen LogP contribution in [0.1, 0.15) is 6.42 Å². The third kappa shape index (κ3) is 242. The van der Waals surface area contributed by atoms with Gasteiger partial charge in [0.1, 0.15) is 9.42 Å². The Labute approximate surface area is 401 Å². The number of aliphatic carboxylic acids is 4. The zero-order valence-electron chi connectivity index (χ0n) is 26.2. The van der Waals surface area contributed by atoms with E-state index in [4.69, 9.17) is 80.7 Å². The van der Waals surface area contributed by atoms with Crippen molar-refractivity contribution in [2.24, 2.45) is 0 Å². The van der Waals surface area contributed by atoms with Crippen molar-refractivity contribution in [1.82, 2.24) is 0 Å². The molecule has 0 bridgehead atoms. The van der Waals surface area contributed by atoms with Gasteiger partial charge in [0.05, 0.1) is 23.9 Å². The molecule has 0 rings (SSSR count). The van der Waals surface area contributed by atoms with Crippen LogP contribution in [0, 0.1) is 0 Å². The summed E-state index contributed by atoms with van der Waals surface area (Å²) in [4.78, 5) is 130. The van der Waals surface area contributed by atoms with Crippen LogP contribution >= 0.6 is 70.2 Å². The van der Waals surface area contributed by atoms with E-state index in [0.29, 0.717) is 29.4 Å². The van der Waals surface area contributed by atoms with Gasteiger partial charge >= 0.3 is 81.7 Å². The van der Waals surface area contributed by atoms with E-state index in [-0.39, 0.29) is 93.2 Å². The van der Waals surface area contributed by atoms with Crippen LogP contribution in [0.5, 0.6) is 0 Å². The number of halogens is 2. The van der Waals surface area contributed by atoms with Crippen molar-refractivity contribution in [3.8, 4) is 0 Å². The second-order valence-electron chi connectivity index (χ2n) is 4.21. The number of alkyl halides is 2. The average Bonchev–Trinajstić information content (AvgIpc) is 3.22. The molecule has 0 amide bonds. The molecule has 0 saturated carbocycles. The molecule has 0 heterocycles.